The molecule has 0 spiro atoms. The standard InChI is InChI=1S/C6H4BrClF4S/c7-5-1-3-6(4-2-5)13(8,9,10,11)12/h1-4H. The van der Waals surface area contributed by atoms with Gasteiger partial charge in [-0.2, -0.15) is 0 Å². The van der Waals surface area contributed by atoms with Crippen molar-refractivity contribution in [2.24, 2.45) is 0 Å². The third kappa shape index (κ3) is 3.03. The van der Waals surface area contributed by atoms with Crippen LogP contribution in [0.5, 0.6) is 0 Å². The van der Waals surface area contributed by atoms with Gasteiger partial charge in [-0.3, -0.25) is 0 Å². The second kappa shape index (κ2) is 2.35. The van der Waals surface area contributed by atoms with E-state index in [1.54, 1.807) is 0 Å². The third-order valence-electron chi connectivity index (χ3n) is 1.26. The van der Waals surface area contributed by atoms with Gasteiger partial charge in [-0.1, -0.05) is 15.9 Å². The molecule has 0 heterocycles. The number of rotatable bonds is 1. The topological polar surface area (TPSA) is 0 Å². The van der Waals surface area contributed by atoms with E-state index in [0.29, 0.717) is 16.6 Å². The molecule has 1 aromatic carbocycles. The summed E-state index contributed by atoms with van der Waals surface area (Å²) in [5, 5.41) is 0. The molecule has 0 aliphatic carbocycles. The number of halogens is 6. The Morgan fingerprint density at radius 1 is 1.00 bits per heavy atom. The molecule has 0 unspecified atom stereocenters. The van der Waals surface area contributed by atoms with Gasteiger partial charge in [-0.15, -0.1) is 15.5 Å². The lowest BCUT2D eigenvalue weighted by atomic mass is 10.4. The Bertz CT molecular complexity index is 329. The minimum atomic E-state index is -8.50. The molecule has 0 aliphatic rings. The first-order chi connectivity index (χ1) is 5.49. The van der Waals surface area contributed by atoms with E-state index < -0.39 is 13.9 Å². The van der Waals surface area contributed by atoms with Crippen molar-refractivity contribution in [3.8, 4) is 0 Å². The zero-order valence-corrected chi connectivity index (χ0v) is 9.14. The summed E-state index contributed by atoms with van der Waals surface area (Å²) in [5.41, 5.74) is 0. The quantitative estimate of drug-likeness (QED) is 0.611. The molecule has 0 radical (unpaired) electrons. The maximum atomic E-state index is 12.5. The normalized spacial score (nSPS) is 17.7. The van der Waals surface area contributed by atoms with Gasteiger partial charge in [0.2, 0.25) is 0 Å². The molecule has 0 fully saturated rings. The lowest BCUT2D eigenvalue weighted by Gasteiger charge is -2.42. The van der Waals surface area contributed by atoms with Gasteiger partial charge in [0.1, 0.15) is 0 Å². The maximum absolute atomic E-state index is 12.5. The Kier molecular flexibility index (Phi) is 2.01. The van der Waals surface area contributed by atoms with Crippen LogP contribution in [0.25, 0.3) is 0 Å². The van der Waals surface area contributed by atoms with Crippen molar-refractivity contribution in [1.29, 1.82) is 0 Å². The van der Waals surface area contributed by atoms with Crippen LogP contribution in [0.4, 0.5) is 15.5 Å². The van der Waals surface area contributed by atoms with E-state index in [1.165, 1.54) is 0 Å². The average molecular weight is 300 g/mol. The highest BCUT2D eigenvalue weighted by Gasteiger charge is 2.62. The lowest BCUT2D eigenvalue weighted by Crippen LogP contribution is -2.03. The summed E-state index contributed by atoms with van der Waals surface area (Å²) in [4.78, 5) is -1.44. The monoisotopic (exact) mass is 298 g/mol. The Hall–Kier alpha value is 0.0600. The SMILES string of the molecule is FS(F)(F)(F)(Cl)c1ccc(Br)cc1. The summed E-state index contributed by atoms with van der Waals surface area (Å²) in [5.74, 6) is 0. The minimum absolute atomic E-state index is 0.426. The van der Waals surface area contributed by atoms with Crippen LogP contribution in [0.2, 0.25) is 0 Å². The molecule has 0 aromatic heterocycles. The van der Waals surface area contributed by atoms with E-state index in [9.17, 15) is 15.5 Å². The molecule has 0 bridgehead atoms. The van der Waals surface area contributed by atoms with Crippen LogP contribution >= 0.6 is 35.7 Å². The molecule has 7 heteroatoms. The van der Waals surface area contributed by atoms with Gasteiger partial charge in [0.05, 0.1) is 4.90 Å². The second-order valence-corrected chi connectivity index (χ2v) is 7.61. The number of benzene rings is 1. The Morgan fingerprint density at radius 3 is 1.69 bits per heavy atom. The summed E-state index contributed by atoms with van der Waals surface area (Å²) in [7, 11) is -4.44. The number of hydrogen-bond donors (Lipinski definition) is 0. The van der Waals surface area contributed by atoms with Crippen molar-refractivity contribution in [3.63, 3.8) is 0 Å². The van der Waals surface area contributed by atoms with E-state index in [-0.39, 0.29) is 0 Å². The molecule has 0 aliphatic heterocycles. The molecule has 0 atom stereocenters. The molecule has 13 heavy (non-hydrogen) atoms. The van der Waals surface area contributed by atoms with Gasteiger partial charge >= 0.3 is 0 Å². The van der Waals surface area contributed by atoms with Crippen molar-refractivity contribution >= 4 is 35.7 Å². The van der Waals surface area contributed by atoms with Gasteiger partial charge in [0.25, 0.3) is 9.05 Å². The Morgan fingerprint density at radius 2 is 1.38 bits per heavy atom. The van der Waals surface area contributed by atoms with Crippen molar-refractivity contribution in [2.75, 3.05) is 0 Å². The van der Waals surface area contributed by atoms with Crippen LogP contribution < -0.4 is 0 Å². The lowest BCUT2D eigenvalue weighted by molar-refractivity contribution is 0.480. The second-order valence-electron chi connectivity index (χ2n) is 2.42. The molecule has 0 N–H and O–H groups in total. The maximum Gasteiger partial charge on any atom is 0.253 e. The molecule has 1 rings (SSSR count). The minimum Gasteiger partial charge on any atom is -0.107 e. The highest BCUT2D eigenvalue weighted by atomic mass is 79.9. The van der Waals surface area contributed by atoms with Crippen LogP contribution in [-0.4, -0.2) is 0 Å². The molecule has 76 valence electrons. The molecule has 0 saturated heterocycles. The number of hydrogen-bond acceptors (Lipinski definition) is 0. The molecule has 0 amide bonds. The Labute approximate surface area is 84.9 Å². The van der Waals surface area contributed by atoms with Gasteiger partial charge in [-0.05, 0) is 24.3 Å². The smallest absolute Gasteiger partial charge is 0.107 e. The van der Waals surface area contributed by atoms with Crippen molar-refractivity contribution < 1.29 is 15.5 Å². The van der Waals surface area contributed by atoms with E-state index in [1.807, 2.05) is 0 Å². The van der Waals surface area contributed by atoms with Crippen molar-refractivity contribution in [1.82, 2.24) is 0 Å². The Balaban J connectivity index is 3.34. The summed E-state index contributed by atoms with van der Waals surface area (Å²) >= 11 is 2.93. The predicted octanol–water partition coefficient (Wildman–Crippen LogP) is 5.38. The molecular weight excluding hydrogens is 295 g/mol. The summed E-state index contributed by atoms with van der Waals surface area (Å²) in [6.45, 7) is 0. The zero-order valence-electron chi connectivity index (χ0n) is 5.99. The highest BCUT2D eigenvalue weighted by molar-refractivity contribution is 9.10. The van der Waals surface area contributed by atoms with Crippen LogP contribution in [0, 0.1) is 0 Å². The van der Waals surface area contributed by atoms with Gasteiger partial charge < -0.3 is 0 Å². The molecule has 0 nitrogen and oxygen atoms in total. The molecular formula is C6H4BrClF4S. The zero-order chi connectivity index (χ0) is 10.4. The fourth-order valence-electron chi connectivity index (χ4n) is 0.692. The molecule has 0 saturated carbocycles. The fraction of sp³-hybridized carbons (Fsp3) is 0. The highest BCUT2D eigenvalue weighted by Crippen LogP contribution is 3.04. The van der Waals surface area contributed by atoms with Gasteiger partial charge in [0.15, 0.2) is 0 Å². The van der Waals surface area contributed by atoms with Crippen molar-refractivity contribution in [3.05, 3.63) is 28.7 Å². The molecule has 1 aromatic rings. The van der Waals surface area contributed by atoms with E-state index in [0.717, 1.165) is 12.1 Å². The van der Waals surface area contributed by atoms with Crippen LogP contribution in [0.1, 0.15) is 0 Å². The fourth-order valence-corrected chi connectivity index (χ4v) is 1.92. The van der Waals surface area contributed by atoms with Crippen LogP contribution in [0.15, 0.2) is 33.6 Å². The van der Waals surface area contributed by atoms with Gasteiger partial charge in [-0.25, -0.2) is 0 Å². The van der Waals surface area contributed by atoms with Crippen LogP contribution in [-0.2, 0) is 0 Å². The predicted molar refractivity (Wildman–Crippen MR) is 50.3 cm³/mol. The first-order valence-corrected chi connectivity index (χ1v) is 6.66. The summed E-state index contributed by atoms with van der Waals surface area (Å²) < 4.78 is 50.4. The van der Waals surface area contributed by atoms with E-state index in [4.69, 9.17) is 0 Å². The average Bonchev–Trinajstić information content (AvgIpc) is 1.82. The summed E-state index contributed by atoms with van der Waals surface area (Å²) in [6.07, 6.45) is 0. The van der Waals surface area contributed by atoms with E-state index >= 15 is 0 Å². The van der Waals surface area contributed by atoms with Crippen LogP contribution in [0.3, 0.4) is 0 Å². The largest absolute Gasteiger partial charge is 0.253 e. The summed E-state index contributed by atoms with van der Waals surface area (Å²) in [6, 6.07) is 3.35. The first-order valence-electron chi connectivity index (χ1n) is 2.99. The van der Waals surface area contributed by atoms with Gasteiger partial charge in [0, 0.05) is 15.2 Å². The third-order valence-corrected chi connectivity index (χ3v) is 3.49. The first kappa shape index (κ1) is 11.1. The van der Waals surface area contributed by atoms with E-state index in [2.05, 4.69) is 26.6 Å². The van der Waals surface area contributed by atoms with Crippen molar-refractivity contribution in [2.45, 2.75) is 4.90 Å².